The highest BCUT2D eigenvalue weighted by Gasteiger charge is 2.13. The summed E-state index contributed by atoms with van der Waals surface area (Å²) < 4.78 is 5.87. The van der Waals surface area contributed by atoms with Crippen LogP contribution in [0.2, 0.25) is 0 Å². The molecule has 0 aromatic heterocycles. The van der Waals surface area contributed by atoms with E-state index in [1.54, 1.807) is 31.3 Å². The van der Waals surface area contributed by atoms with E-state index in [9.17, 15) is 9.59 Å². The fraction of sp³-hybridized carbons (Fsp3) is 0.263. The number of nitrogens with zero attached hydrogens (tertiary/aromatic N) is 1. The fourth-order valence-electron chi connectivity index (χ4n) is 2.26. The van der Waals surface area contributed by atoms with Crippen molar-refractivity contribution in [2.45, 2.75) is 19.4 Å². The number of carbonyl (C=O) groups is 2. The molecule has 0 spiro atoms. The van der Waals surface area contributed by atoms with Crippen LogP contribution in [0.5, 0.6) is 5.75 Å². The second kappa shape index (κ2) is 8.15. The monoisotopic (exact) mass is 327 g/mol. The van der Waals surface area contributed by atoms with Crippen LogP contribution in [0.25, 0.3) is 0 Å². The van der Waals surface area contributed by atoms with Crippen LogP contribution in [0.3, 0.4) is 0 Å². The highest BCUT2D eigenvalue weighted by Crippen LogP contribution is 2.22. The van der Waals surface area contributed by atoms with Crippen molar-refractivity contribution in [1.29, 1.82) is 0 Å². The summed E-state index contributed by atoms with van der Waals surface area (Å²) in [5.41, 5.74) is 1.58. The summed E-state index contributed by atoms with van der Waals surface area (Å²) in [4.78, 5) is 24.2. The molecule has 0 radical (unpaired) electrons. The van der Waals surface area contributed by atoms with Gasteiger partial charge in [-0.15, -0.1) is 0 Å². The smallest absolute Gasteiger partial charge is 0.305 e. The summed E-state index contributed by atoms with van der Waals surface area (Å²) in [5, 5.41) is 8.67. The second-order valence-electron chi connectivity index (χ2n) is 5.57. The third kappa shape index (κ3) is 4.84. The van der Waals surface area contributed by atoms with E-state index in [4.69, 9.17) is 9.84 Å². The minimum absolute atomic E-state index is 0.0714. The van der Waals surface area contributed by atoms with Gasteiger partial charge in [0.15, 0.2) is 0 Å². The number of carboxylic acids is 1. The van der Waals surface area contributed by atoms with Crippen LogP contribution < -0.4 is 4.74 Å². The predicted octanol–water partition coefficient (Wildman–Crippen LogP) is 3.37. The van der Waals surface area contributed by atoms with Gasteiger partial charge in [-0.05, 0) is 36.8 Å². The molecule has 1 unspecified atom stereocenters. The zero-order chi connectivity index (χ0) is 17.5. The molecular weight excluding hydrogens is 306 g/mol. The highest BCUT2D eigenvalue weighted by molar-refractivity contribution is 5.94. The number of aliphatic carboxylic acids is 1. The van der Waals surface area contributed by atoms with Crippen LogP contribution in [-0.2, 0) is 4.79 Å². The first-order chi connectivity index (χ1) is 11.5. The maximum absolute atomic E-state index is 12.2. The van der Waals surface area contributed by atoms with Crippen LogP contribution in [-0.4, -0.2) is 35.5 Å². The minimum Gasteiger partial charge on any atom is -0.486 e. The summed E-state index contributed by atoms with van der Waals surface area (Å²) >= 11 is 0. The summed E-state index contributed by atoms with van der Waals surface area (Å²) in [7, 11) is 1.59. The fourth-order valence-corrected chi connectivity index (χ4v) is 2.26. The second-order valence-corrected chi connectivity index (χ2v) is 5.57. The molecule has 0 aliphatic heterocycles. The molecular formula is C19H21NO4. The standard InChI is InChI=1S/C19H21NO4/c1-14(15-6-4-3-5-7-15)24-17-10-8-16(9-11-17)19(23)20(2)13-12-18(21)22/h3-11,14H,12-13H2,1-2H3,(H,21,22). The zero-order valence-electron chi connectivity index (χ0n) is 13.8. The van der Waals surface area contributed by atoms with Crippen LogP contribution in [0, 0.1) is 0 Å². The van der Waals surface area contributed by atoms with Gasteiger partial charge >= 0.3 is 5.97 Å². The molecule has 5 heteroatoms. The molecule has 24 heavy (non-hydrogen) atoms. The van der Waals surface area contributed by atoms with Gasteiger partial charge in [0.2, 0.25) is 0 Å². The van der Waals surface area contributed by atoms with E-state index in [1.165, 1.54) is 4.90 Å². The molecule has 1 amide bonds. The molecule has 0 aliphatic rings. The van der Waals surface area contributed by atoms with E-state index >= 15 is 0 Å². The van der Waals surface area contributed by atoms with Crippen molar-refractivity contribution in [1.82, 2.24) is 4.90 Å². The lowest BCUT2D eigenvalue weighted by Crippen LogP contribution is -2.28. The molecule has 0 saturated carbocycles. The van der Waals surface area contributed by atoms with E-state index < -0.39 is 5.97 Å². The molecule has 0 heterocycles. The molecule has 2 rings (SSSR count). The number of rotatable bonds is 7. The Bertz CT molecular complexity index is 682. The molecule has 2 aromatic rings. The summed E-state index contributed by atoms with van der Waals surface area (Å²) in [6, 6.07) is 16.7. The van der Waals surface area contributed by atoms with Gasteiger partial charge in [0.25, 0.3) is 5.91 Å². The van der Waals surface area contributed by atoms with Crippen molar-refractivity contribution in [3.8, 4) is 5.75 Å². The summed E-state index contributed by atoms with van der Waals surface area (Å²) in [5.74, 6) is -0.455. The number of hydrogen-bond donors (Lipinski definition) is 1. The molecule has 0 saturated heterocycles. The first-order valence-electron chi connectivity index (χ1n) is 7.76. The molecule has 126 valence electrons. The van der Waals surface area contributed by atoms with E-state index in [1.807, 2.05) is 37.3 Å². The normalized spacial score (nSPS) is 11.6. The van der Waals surface area contributed by atoms with Gasteiger partial charge in [-0.2, -0.15) is 0 Å². The van der Waals surface area contributed by atoms with Crippen LogP contribution in [0.1, 0.15) is 35.4 Å². The van der Waals surface area contributed by atoms with Crippen molar-refractivity contribution >= 4 is 11.9 Å². The molecule has 0 fully saturated rings. The van der Waals surface area contributed by atoms with E-state index in [-0.39, 0.29) is 25.0 Å². The summed E-state index contributed by atoms with van der Waals surface area (Å²) in [6.07, 6.45) is -0.163. The molecule has 1 N–H and O–H groups in total. The van der Waals surface area contributed by atoms with E-state index in [0.29, 0.717) is 11.3 Å². The Morgan fingerprint density at radius 1 is 1.08 bits per heavy atom. The number of benzene rings is 2. The number of carboxylic acid groups (broad SMARTS) is 1. The third-order valence-corrected chi connectivity index (χ3v) is 3.69. The van der Waals surface area contributed by atoms with Gasteiger partial charge in [0.05, 0.1) is 6.42 Å². The Labute approximate surface area is 141 Å². The number of hydrogen-bond acceptors (Lipinski definition) is 3. The lowest BCUT2D eigenvalue weighted by molar-refractivity contribution is -0.137. The van der Waals surface area contributed by atoms with Crippen LogP contribution >= 0.6 is 0 Å². The molecule has 0 bridgehead atoms. The van der Waals surface area contributed by atoms with Crippen molar-refractivity contribution in [2.24, 2.45) is 0 Å². The third-order valence-electron chi connectivity index (χ3n) is 3.69. The lowest BCUT2D eigenvalue weighted by Gasteiger charge is -2.17. The van der Waals surface area contributed by atoms with E-state index in [2.05, 4.69) is 0 Å². The Kier molecular flexibility index (Phi) is 5.95. The first-order valence-corrected chi connectivity index (χ1v) is 7.76. The Morgan fingerprint density at radius 3 is 2.29 bits per heavy atom. The molecule has 5 nitrogen and oxygen atoms in total. The summed E-state index contributed by atoms with van der Waals surface area (Å²) in [6.45, 7) is 2.14. The molecule has 2 aromatic carbocycles. The average molecular weight is 327 g/mol. The maximum atomic E-state index is 12.2. The van der Waals surface area contributed by atoms with Gasteiger partial charge in [0, 0.05) is 19.2 Å². The predicted molar refractivity (Wildman–Crippen MR) is 91.1 cm³/mol. The van der Waals surface area contributed by atoms with Crippen molar-refractivity contribution < 1.29 is 19.4 Å². The SMILES string of the molecule is CC(Oc1ccc(C(=O)N(C)CCC(=O)O)cc1)c1ccccc1. The average Bonchev–Trinajstić information content (AvgIpc) is 2.60. The van der Waals surface area contributed by atoms with Gasteiger partial charge < -0.3 is 14.7 Å². The lowest BCUT2D eigenvalue weighted by atomic mass is 10.1. The van der Waals surface area contributed by atoms with Gasteiger partial charge in [-0.3, -0.25) is 9.59 Å². The zero-order valence-corrected chi connectivity index (χ0v) is 13.8. The van der Waals surface area contributed by atoms with Crippen LogP contribution in [0.4, 0.5) is 0 Å². The van der Waals surface area contributed by atoms with Crippen molar-refractivity contribution in [3.63, 3.8) is 0 Å². The van der Waals surface area contributed by atoms with Gasteiger partial charge in [0.1, 0.15) is 11.9 Å². The topological polar surface area (TPSA) is 66.8 Å². The van der Waals surface area contributed by atoms with Crippen molar-refractivity contribution in [3.05, 3.63) is 65.7 Å². The quantitative estimate of drug-likeness (QED) is 0.846. The number of amides is 1. The van der Waals surface area contributed by atoms with Gasteiger partial charge in [-0.25, -0.2) is 0 Å². The maximum Gasteiger partial charge on any atom is 0.305 e. The number of ether oxygens (including phenoxy) is 1. The minimum atomic E-state index is -0.923. The Morgan fingerprint density at radius 2 is 1.71 bits per heavy atom. The first kappa shape index (κ1) is 17.5. The Hall–Kier alpha value is -2.82. The Balaban J connectivity index is 1.97. The number of carbonyl (C=O) groups excluding carboxylic acids is 1. The van der Waals surface area contributed by atoms with Crippen LogP contribution in [0.15, 0.2) is 54.6 Å². The van der Waals surface area contributed by atoms with Gasteiger partial charge in [-0.1, -0.05) is 30.3 Å². The molecule has 1 atom stereocenters. The largest absolute Gasteiger partial charge is 0.486 e. The van der Waals surface area contributed by atoms with Crippen molar-refractivity contribution in [2.75, 3.05) is 13.6 Å². The molecule has 0 aliphatic carbocycles. The van der Waals surface area contributed by atoms with E-state index in [0.717, 1.165) is 5.56 Å². The highest BCUT2D eigenvalue weighted by atomic mass is 16.5.